The third-order valence-electron chi connectivity index (χ3n) is 3.37. The fourth-order valence-electron chi connectivity index (χ4n) is 2.25. The van der Waals surface area contributed by atoms with Crippen molar-refractivity contribution in [2.45, 2.75) is 53.2 Å². The van der Waals surface area contributed by atoms with Crippen LogP contribution in [-0.2, 0) is 6.54 Å². The van der Waals surface area contributed by atoms with Crippen molar-refractivity contribution in [2.24, 2.45) is 5.41 Å². The van der Waals surface area contributed by atoms with Crippen LogP contribution in [-0.4, -0.2) is 9.78 Å². The molecule has 2 aromatic rings. The van der Waals surface area contributed by atoms with Crippen molar-refractivity contribution in [3.8, 4) is 0 Å². The molecule has 1 atom stereocenters. The van der Waals surface area contributed by atoms with E-state index in [1.807, 2.05) is 16.0 Å². The van der Waals surface area contributed by atoms with Gasteiger partial charge in [0.1, 0.15) is 0 Å². The smallest absolute Gasteiger partial charge is 0.0762 e. The Morgan fingerprint density at radius 2 is 2.05 bits per heavy atom. The van der Waals surface area contributed by atoms with Crippen LogP contribution in [0.1, 0.15) is 57.3 Å². The van der Waals surface area contributed by atoms with Gasteiger partial charge in [0.05, 0.1) is 5.69 Å². The van der Waals surface area contributed by atoms with Crippen LogP contribution < -0.4 is 5.32 Å². The lowest BCUT2D eigenvalue weighted by Gasteiger charge is -2.30. The molecule has 0 saturated heterocycles. The summed E-state index contributed by atoms with van der Waals surface area (Å²) in [6.07, 6.45) is 2.05. The molecule has 0 unspecified atom stereocenters. The molecule has 0 aliphatic heterocycles. The van der Waals surface area contributed by atoms with Gasteiger partial charge in [0.25, 0.3) is 0 Å². The lowest BCUT2D eigenvalue weighted by Crippen LogP contribution is -2.31. The Morgan fingerprint density at radius 3 is 2.55 bits per heavy atom. The molecule has 20 heavy (non-hydrogen) atoms. The van der Waals surface area contributed by atoms with Gasteiger partial charge >= 0.3 is 0 Å². The second kappa shape index (κ2) is 6.10. The summed E-state index contributed by atoms with van der Waals surface area (Å²) >= 11 is 1.82. The van der Waals surface area contributed by atoms with Gasteiger partial charge in [-0.3, -0.25) is 4.68 Å². The third kappa shape index (κ3) is 3.70. The first kappa shape index (κ1) is 15.3. The molecule has 3 nitrogen and oxygen atoms in total. The largest absolute Gasteiger partial charge is 0.303 e. The van der Waals surface area contributed by atoms with E-state index < -0.39 is 0 Å². The van der Waals surface area contributed by atoms with Gasteiger partial charge in [0, 0.05) is 29.7 Å². The summed E-state index contributed by atoms with van der Waals surface area (Å²) in [6.45, 7) is 11.9. The van der Waals surface area contributed by atoms with E-state index in [9.17, 15) is 0 Å². The summed E-state index contributed by atoms with van der Waals surface area (Å²) in [5.74, 6) is 0. The molecule has 0 aliphatic rings. The molecule has 0 aliphatic carbocycles. The number of thiophene rings is 1. The molecular formula is C16H25N3S. The molecule has 0 amide bonds. The molecule has 0 bridgehead atoms. The summed E-state index contributed by atoms with van der Waals surface area (Å²) in [5.41, 5.74) is 1.29. The number of nitrogens with one attached hydrogen (secondary N) is 1. The van der Waals surface area contributed by atoms with Crippen molar-refractivity contribution in [3.63, 3.8) is 0 Å². The van der Waals surface area contributed by atoms with Gasteiger partial charge in [-0.2, -0.15) is 5.10 Å². The van der Waals surface area contributed by atoms with Gasteiger partial charge in [-0.1, -0.05) is 26.8 Å². The quantitative estimate of drug-likeness (QED) is 0.884. The predicted molar refractivity (Wildman–Crippen MR) is 86.0 cm³/mol. The van der Waals surface area contributed by atoms with E-state index >= 15 is 0 Å². The van der Waals surface area contributed by atoms with Gasteiger partial charge in [0.15, 0.2) is 0 Å². The molecule has 1 N–H and O–H groups in total. The molecular weight excluding hydrogens is 266 g/mol. The van der Waals surface area contributed by atoms with Crippen molar-refractivity contribution in [1.29, 1.82) is 0 Å². The van der Waals surface area contributed by atoms with Crippen LogP contribution in [0.25, 0.3) is 0 Å². The maximum absolute atomic E-state index is 4.60. The molecule has 2 heterocycles. The predicted octanol–water partition coefficient (Wildman–Crippen LogP) is 4.40. The van der Waals surface area contributed by atoms with Gasteiger partial charge in [-0.15, -0.1) is 11.3 Å². The van der Waals surface area contributed by atoms with Crippen LogP contribution in [0, 0.1) is 5.41 Å². The van der Waals surface area contributed by atoms with E-state index in [1.54, 1.807) is 0 Å². The highest BCUT2D eigenvalue weighted by Gasteiger charge is 2.26. The zero-order chi connectivity index (χ0) is 14.8. The van der Waals surface area contributed by atoms with Crippen LogP contribution in [0.5, 0.6) is 0 Å². The maximum Gasteiger partial charge on any atom is 0.0762 e. The fourth-order valence-corrected chi connectivity index (χ4v) is 3.30. The minimum absolute atomic E-state index is 0.186. The van der Waals surface area contributed by atoms with E-state index in [1.165, 1.54) is 4.88 Å². The Balaban J connectivity index is 2.05. The van der Waals surface area contributed by atoms with E-state index in [0.29, 0.717) is 12.1 Å². The van der Waals surface area contributed by atoms with Gasteiger partial charge in [-0.25, -0.2) is 0 Å². The second-order valence-corrected chi connectivity index (χ2v) is 7.56. The van der Waals surface area contributed by atoms with Crippen molar-refractivity contribution in [3.05, 3.63) is 40.3 Å². The Bertz CT molecular complexity index is 520. The molecule has 110 valence electrons. The van der Waals surface area contributed by atoms with Crippen LogP contribution in [0.4, 0.5) is 0 Å². The summed E-state index contributed by atoms with van der Waals surface area (Å²) in [4.78, 5) is 1.39. The minimum atomic E-state index is 0.186. The number of aromatic nitrogens is 2. The van der Waals surface area contributed by atoms with E-state index in [2.05, 4.69) is 74.8 Å². The van der Waals surface area contributed by atoms with Crippen LogP contribution in [0.3, 0.4) is 0 Å². The zero-order valence-corrected chi connectivity index (χ0v) is 13.9. The zero-order valence-electron chi connectivity index (χ0n) is 13.1. The van der Waals surface area contributed by atoms with Crippen LogP contribution >= 0.6 is 11.3 Å². The van der Waals surface area contributed by atoms with Crippen molar-refractivity contribution >= 4 is 11.3 Å². The maximum atomic E-state index is 4.60. The highest BCUT2D eigenvalue weighted by Crippen LogP contribution is 2.35. The van der Waals surface area contributed by atoms with E-state index in [-0.39, 0.29) is 5.41 Å². The SMILES string of the molecule is CC(C)n1ccc(CN[C@@H](c2cccs2)C(C)(C)C)n1. The topological polar surface area (TPSA) is 29.9 Å². The second-order valence-electron chi connectivity index (χ2n) is 6.58. The van der Waals surface area contributed by atoms with Crippen LogP contribution in [0.2, 0.25) is 0 Å². The first-order valence-corrected chi connectivity index (χ1v) is 8.06. The van der Waals surface area contributed by atoms with Gasteiger partial charge < -0.3 is 5.32 Å². The molecule has 0 radical (unpaired) electrons. The lowest BCUT2D eigenvalue weighted by atomic mass is 9.86. The number of rotatable bonds is 5. The van der Waals surface area contributed by atoms with Crippen molar-refractivity contribution in [1.82, 2.24) is 15.1 Å². The molecule has 2 rings (SSSR count). The molecule has 0 saturated carbocycles. The Kier molecular flexibility index (Phi) is 4.66. The first-order chi connectivity index (χ1) is 9.38. The normalized spacial score (nSPS) is 13.9. The summed E-state index contributed by atoms with van der Waals surface area (Å²) in [7, 11) is 0. The average molecular weight is 291 g/mol. The monoisotopic (exact) mass is 291 g/mol. The number of nitrogens with zero attached hydrogens (tertiary/aromatic N) is 2. The first-order valence-electron chi connectivity index (χ1n) is 7.19. The van der Waals surface area contributed by atoms with Gasteiger partial charge in [-0.05, 0) is 36.8 Å². The van der Waals surface area contributed by atoms with Crippen LogP contribution in [0.15, 0.2) is 29.8 Å². The number of hydrogen-bond donors (Lipinski definition) is 1. The molecule has 0 spiro atoms. The van der Waals surface area contributed by atoms with Gasteiger partial charge in [0.2, 0.25) is 0 Å². The summed E-state index contributed by atoms with van der Waals surface area (Å²) in [5, 5.41) is 10.4. The summed E-state index contributed by atoms with van der Waals surface area (Å²) < 4.78 is 2.01. The Labute approximate surface area is 126 Å². The third-order valence-corrected chi connectivity index (χ3v) is 4.31. The lowest BCUT2D eigenvalue weighted by molar-refractivity contribution is 0.273. The average Bonchev–Trinajstić information content (AvgIpc) is 2.97. The van der Waals surface area contributed by atoms with Crippen molar-refractivity contribution < 1.29 is 0 Å². The summed E-state index contributed by atoms with van der Waals surface area (Å²) in [6, 6.07) is 7.20. The minimum Gasteiger partial charge on any atom is -0.303 e. The highest BCUT2D eigenvalue weighted by atomic mass is 32.1. The molecule has 2 aromatic heterocycles. The molecule has 4 heteroatoms. The Hall–Kier alpha value is -1.13. The Morgan fingerprint density at radius 1 is 1.30 bits per heavy atom. The highest BCUT2D eigenvalue weighted by molar-refractivity contribution is 7.10. The van der Waals surface area contributed by atoms with Crippen molar-refractivity contribution in [2.75, 3.05) is 0 Å². The number of hydrogen-bond acceptors (Lipinski definition) is 3. The standard InChI is InChI=1S/C16H25N3S/c1-12(2)19-9-8-13(18-19)11-17-15(16(3,4)5)14-7-6-10-20-14/h6-10,12,15,17H,11H2,1-5H3/t15-/m0/s1. The van der Waals surface area contributed by atoms with E-state index in [4.69, 9.17) is 0 Å². The fraction of sp³-hybridized carbons (Fsp3) is 0.562. The molecule has 0 fully saturated rings. The molecule has 0 aromatic carbocycles. The van der Waals surface area contributed by atoms with E-state index in [0.717, 1.165) is 12.2 Å².